The van der Waals surface area contributed by atoms with Crippen molar-refractivity contribution >= 4 is 0 Å². The fourth-order valence-corrected chi connectivity index (χ4v) is 1.71. The van der Waals surface area contributed by atoms with Crippen molar-refractivity contribution in [2.24, 2.45) is 0 Å². The van der Waals surface area contributed by atoms with E-state index in [1.807, 2.05) is 13.0 Å². The summed E-state index contributed by atoms with van der Waals surface area (Å²) in [4.78, 5) is 2.22. The number of furan rings is 1. The molecule has 0 spiro atoms. The topological polar surface area (TPSA) is 37.6 Å². The first-order valence-corrected chi connectivity index (χ1v) is 6.99. The average Bonchev–Trinajstić information content (AvgIpc) is 2.73. The molecule has 0 radical (unpaired) electrons. The normalized spacial score (nSPS) is 12.3. The summed E-state index contributed by atoms with van der Waals surface area (Å²) < 4.78 is 10.9. The van der Waals surface area contributed by atoms with Gasteiger partial charge in [-0.05, 0) is 40.8 Å². The van der Waals surface area contributed by atoms with Gasteiger partial charge in [0.15, 0.2) is 0 Å². The lowest BCUT2D eigenvalue weighted by Gasteiger charge is -2.21. The number of ether oxygens (including phenoxy) is 1. The highest BCUT2D eigenvalue weighted by Crippen LogP contribution is 2.14. The SMILES string of the molecule is CCOCCN(C)Cc1occc1CNC(C)(C)C. The Bertz CT molecular complexity index is 355. The zero-order valence-corrected chi connectivity index (χ0v) is 13.0. The van der Waals surface area contributed by atoms with Gasteiger partial charge < -0.3 is 14.5 Å². The Morgan fingerprint density at radius 2 is 2.11 bits per heavy atom. The maximum absolute atomic E-state index is 5.58. The standard InChI is InChI=1S/C15H28N2O2/c1-6-18-10-8-17(5)12-14-13(7-9-19-14)11-16-15(2,3)4/h7,9,16H,6,8,10-12H2,1-5H3. The van der Waals surface area contributed by atoms with E-state index in [-0.39, 0.29) is 5.54 Å². The molecule has 0 aliphatic carbocycles. The van der Waals surface area contributed by atoms with Gasteiger partial charge in [0, 0.05) is 30.8 Å². The maximum Gasteiger partial charge on any atom is 0.122 e. The van der Waals surface area contributed by atoms with E-state index < -0.39 is 0 Å². The molecule has 0 saturated heterocycles. The molecular weight excluding hydrogens is 240 g/mol. The molecule has 1 aromatic heterocycles. The number of rotatable bonds is 8. The van der Waals surface area contributed by atoms with E-state index in [4.69, 9.17) is 9.15 Å². The number of nitrogens with one attached hydrogen (secondary N) is 1. The predicted octanol–water partition coefficient (Wildman–Crippen LogP) is 2.64. The molecule has 0 bridgehead atoms. The van der Waals surface area contributed by atoms with Gasteiger partial charge in [-0.2, -0.15) is 0 Å². The van der Waals surface area contributed by atoms with Crippen LogP contribution in [0.2, 0.25) is 0 Å². The maximum atomic E-state index is 5.58. The molecule has 1 N–H and O–H groups in total. The van der Waals surface area contributed by atoms with Crippen LogP contribution < -0.4 is 5.32 Å². The number of likely N-dealkylation sites (N-methyl/N-ethyl adjacent to an activating group) is 1. The predicted molar refractivity (Wildman–Crippen MR) is 78.1 cm³/mol. The van der Waals surface area contributed by atoms with Gasteiger partial charge in [-0.25, -0.2) is 0 Å². The van der Waals surface area contributed by atoms with Crippen LogP contribution in [0.1, 0.15) is 39.0 Å². The molecule has 0 unspecified atom stereocenters. The lowest BCUT2D eigenvalue weighted by atomic mass is 10.1. The summed E-state index contributed by atoms with van der Waals surface area (Å²) in [6.45, 7) is 12.6. The van der Waals surface area contributed by atoms with Crippen molar-refractivity contribution in [1.29, 1.82) is 0 Å². The first kappa shape index (κ1) is 16.2. The minimum absolute atomic E-state index is 0.120. The molecule has 0 atom stereocenters. The Kier molecular flexibility index (Phi) is 6.55. The molecule has 0 saturated carbocycles. The summed E-state index contributed by atoms with van der Waals surface area (Å²) in [5.41, 5.74) is 1.35. The molecule has 0 amide bonds. The van der Waals surface area contributed by atoms with Crippen LogP contribution in [0.4, 0.5) is 0 Å². The van der Waals surface area contributed by atoms with Crippen molar-refractivity contribution in [3.63, 3.8) is 0 Å². The van der Waals surface area contributed by atoms with Crippen molar-refractivity contribution in [2.45, 2.75) is 46.3 Å². The third kappa shape index (κ3) is 6.76. The van der Waals surface area contributed by atoms with Crippen LogP contribution in [-0.4, -0.2) is 37.2 Å². The molecule has 4 nitrogen and oxygen atoms in total. The monoisotopic (exact) mass is 268 g/mol. The summed E-state index contributed by atoms with van der Waals surface area (Å²) in [5, 5.41) is 3.49. The second kappa shape index (κ2) is 7.68. The summed E-state index contributed by atoms with van der Waals surface area (Å²) in [7, 11) is 2.09. The molecule has 19 heavy (non-hydrogen) atoms. The van der Waals surface area contributed by atoms with Gasteiger partial charge in [-0.3, -0.25) is 4.90 Å². The van der Waals surface area contributed by atoms with Crippen molar-refractivity contribution in [2.75, 3.05) is 26.8 Å². The van der Waals surface area contributed by atoms with Gasteiger partial charge >= 0.3 is 0 Å². The Morgan fingerprint density at radius 1 is 1.37 bits per heavy atom. The smallest absolute Gasteiger partial charge is 0.122 e. The second-order valence-electron chi connectivity index (χ2n) is 5.91. The fourth-order valence-electron chi connectivity index (χ4n) is 1.71. The van der Waals surface area contributed by atoms with Crippen LogP contribution in [0.3, 0.4) is 0 Å². The lowest BCUT2D eigenvalue weighted by molar-refractivity contribution is 0.118. The van der Waals surface area contributed by atoms with Crippen molar-refractivity contribution in [1.82, 2.24) is 10.2 Å². The molecule has 0 aliphatic rings. The Labute approximate surface area is 117 Å². The summed E-state index contributed by atoms with van der Waals surface area (Å²) in [5.74, 6) is 1.04. The quantitative estimate of drug-likeness (QED) is 0.736. The third-order valence-corrected chi connectivity index (χ3v) is 2.88. The first-order chi connectivity index (χ1) is 8.92. The first-order valence-electron chi connectivity index (χ1n) is 6.99. The van der Waals surface area contributed by atoms with E-state index in [1.165, 1.54) is 5.56 Å². The van der Waals surface area contributed by atoms with E-state index in [1.54, 1.807) is 6.26 Å². The van der Waals surface area contributed by atoms with E-state index in [9.17, 15) is 0 Å². The Morgan fingerprint density at radius 3 is 2.74 bits per heavy atom. The van der Waals surface area contributed by atoms with E-state index in [2.05, 4.69) is 38.0 Å². The molecule has 4 heteroatoms. The molecule has 110 valence electrons. The number of hydrogen-bond donors (Lipinski definition) is 1. The minimum atomic E-state index is 0.120. The summed E-state index contributed by atoms with van der Waals surface area (Å²) in [6, 6.07) is 2.05. The zero-order valence-electron chi connectivity index (χ0n) is 13.0. The molecular formula is C15H28N2O2. The Hall–Kier alpha value is -0.840. The van der Waals surface area contributed by atoms with Crippen LogP contribution in [0.25, 0.3) is 0 Å². The third-order valence-electron chi connectivity index (χ3n) is 2.88. The largest absolute Gasteiger partial charge is 0.468 e. The van der Waals surface area contributed by atoms with Crippen molar-refractivity contribution in [3.05, 3.63) is 23.7 Å². The van der Waals surface area contributed by atoms with Gasteiger partial charge in [0.25, 0.3) is 0 Å². The molecule has 0 aromatic carbocycles. The number of nitrogens with zero attached hydrogens (tertiary/aromatic N) is 1. The van der Waals surface area contributed by atoms with Crippen LogP contribution in [-0.2, 0) is 17.8 Å². The second-order valence-corrected chi connectivity index (χ2v) is 5.91. The molecule has 1 rings (SSSR count). The van der Waals surface area contributed by atoms with Gasteiger partial charge in [0.05, 0.1) is 19.4 Å². The summed E-state index contributed by atoms with van der Waals surface area (Å²) in [6.07, 6.45) is 1.77. The highest BCUT2D eigenvalue weighted by atomic mass is 16.5. The van der Waals surface area contributed by atoms with Crippen molar-refractivity contribution < 1.29 is 9.15 Å². The van der Waals surface area contributed by atoms with E-state index in [0.29, 0.717) is 0 Å². The van der Waals surface area contributed by atoms with Gasteiger partial charge in [0.1, 0.15) is 5.76 Å². The van der Waals surface area contributed by atoms with E-state index >= 15 is 0 Å². The fraction of sp³-hybridized carbons (Fsp3) is 0.733. The van der Waals surface area contributed by atoms with Gasteiger partial charge in [-0.15, -0.1) is 0 Å². The minimum Gasteiger partial charge on any atom is -0.468 e. The summed E-state index contributed by atoms with van der Waals surface area (Å²) >= 11 is 0. The van der Waals surface area contributed by atoms with Crippen LogP contribution in [0, 0.1) is 0 Å². The number of hydrogen-bond acceptors (Lipinski definition) is 4. The highest BCUT2D eigenvalue weighted by molar-refractivity contribution is 5.17. The molecule has 1 heterocycles. The molecule has 0 fully saturated rings. The molecule has 0 aliphatic heterocycles. The molecule has 1 aromatic rings. The van der Waals surface area contributed by atoms with Crippen molar-refractivity contribution in [3.8, 4) is 0 Å². The van der Waals surface area contributed by atoms with Gasteiger partial charge in [0.2, 0.25) is 0 Å². The van der Waals surface area contributed by atoms with Crippen LogP contribution in [0.15, 0.2) is 16.7 Å². The van der Waals surface area contributed by atoms with E-state index in [0.717, 1.165) is 38.6 Å². The van der Waals surface area contributed by atoms with Crippen LogP contribution in [0.5, 0.6) is 0 Å². The highest BCUT2D eigenvalue weighted by Gasteiger charge is 2.13. The zero-order chi connectivity index (χ0) is 14.3. The average molecular weight is 268 g/mol. The lowest BCUT2D eigenvalue weighted by Crippen LogP contribution is -2.35. The van der Waals surface area contributed by atoms with Crippen LogP contribution >= 0.6 is 0 Å². The Balaban J connectivity index is 2.43. The van der Waals surface area contributed by atoms with Gasteiger partial charge in [-0.1, -0.05) is 0 Å².